The molecule has 0 fully saturated rings. The van der Waals surface area contributed by atoms with Crippen LogP contribution in [0.2, 0.25) is 0 Å². The van der Waals surface area contributed by atoms with Crippen molar-refractivity contribution >= 4 is 33.3 Å². The summed E-state index contributed by atoms with van der Waals surface area (Å²) in [4.78, 5) is 11.3. The number of ketones is 1. The zero-order valence-electron chi connectivity index (χ0n) is 8.22. The molecular formula is C11H10BrClO2. The molecule has 0 unspecified atom stereocenters. The molecular weight excluding hydrogens is 279 g/mol. The average Bonchev–Trinajstić information content (AvgIpc) is 2.14. The van der Waals surface area contributed by atoms with E-state index in [0.717, 1.165) is 4.47 Å². The molecule has 0 radical (unpaired) electrons. The summed E-state index contributed by atoms with van der Waals surface area (Å²) >= 11 is 8.89. The zero-order valence-corrected chi connectivity index (χ0v) is 10.6. The van der Waals surface area contributed by atoms with Crippen molar-refractivity contribution in [1.82, 2.24) is 0 Å². The minimum atomic E-state index is -0.0438. The van der Waals surface area contributed by atoms with E-state index in [9.17, 15) is 4.79 Å². The Morgan fingerprint density at radius 1 is 1.60 bits per heavy atom. The first-order valence-corrected chi connectivity index (χ1v) is 5.44. The number of rotatable bonds is 4. The summed E-state index contributed by atoms with van der Waals surface area (Å²) in [7, 11) is 0. The van der Waals surface area contributed by atoms with Crippen LogP contribution in [0.1, 0.15) is 17.3 Å². The summed E-state index contributed by atoms with van der Waals surface area (Å²) in [6.07, 6.45) is 0. The van der Waals surface area contributed by atoms with Crippen molar-refractivity contribution in [2.45, 2.75) is 6.92 Å². The Kier molecular flexibility index (Phi) is 4.36. The highest BCUT2D eigenvalue weighted by Crippen LogP contribution is 2.24. The van der Waals surface area contributed by atoms with E-state index in [1.54, 1.807) is 18.2 Å². The molecule has 15 heavy (non-hydrogen) atoms. The van der Waals surface area contributed by atoms with Crippen LogP contribution in [0.4, 0.5) is 0 Å². The largest absolute Gasteiger partial charge is 0.487 e. The first-order valence-electron chi connectivity index (χ1n) is 4.27. The molecule has 0 aliphatic rings. The lowest BCUT2D eigenvalue weighted by molar-refractivity contribution is 0.101. The van der Waals surface area contributed by atoms with E-state index in [4.69, 9.17) is 16.3 Å². The highest BCUT2D eigenvalue weighted by atomic mass is 79.9. The normalized spacial score (nSPS) is 9.80. The van der Waals surface area contributed by atoms with Crippen LogP contribution in [0.3, 0.4) is 0 Å². The number of hydrogen-bond donors (Lipinski definition) is 0. The summed E-state index contributed by atoms with van der Waals surface area (Å²) in [5.74, 6) is 0.469. The fourth-order valence-corrected chi connectivity index (χ4v) is 1.46. The first kappa shape index (κ1) is 12.3. The van der Waals surface area contributed by atoms with Crippen molar-refractivity contribution < 1.29 is 9.53 Å². The monoisotopic (exact) mass is 288 g/mol. The highest BCUT2D eigenvalue weighted by molar-refractivity contribution is 9.10. The van der Waals surface area contributed by atoms with E-state index < -0.39 is 0 Å². The highest BCUT2D eigenvalue weighted by Gasteiger charge is 2.08. The smallest absolute Gasteiger partial charge is 0.163 e. The third-order valence-corrected chi connectivity index (χ3v) is 2.31. The standard InChI is InChI=1S/C11H10BrClO2/c1-7(13)6-15-11-5-9(12)3-4-10(11)8(2)14/h3-5H,1,6H2,2H3. The van der Waals surface area contributed by atoms with Crippen molar-refractivity contribution in [2.75, 3.05) is 6.61 Å². The lowest BCUT2D eigenvalue weighted by Gasteiger charge is -2.09. The summed E-state index contributed by atoms with van der Waals surface area (Å²) in [6, 6.07) is 5.23. The van der Waals surface area contributed by atoms with E-state index in [2.05, 4.69) is 22.5 Å². The van der Waals surface area contributed by atoms with Crippen molar-refractivity contribution in [2.24, 2.45) is 0 Å². The molecule has 80 valence electrons. The van der Waals surface area contributed by atoms with Crippen LogP contribution >= 0.6 is 27.5 Å². The molecule has 0 aliphatic heterocycles. The van der Waals surface area contributed by atoms with Crippen LogP contribution in [-0.4, -0.2) is 12.4 Å². The summed E-state index contributed by atoms with van der Waals surface area (Å²) < 4.78 is 6.21. The number of carbonyl (C=O) groups excluding carboxylic acids is 1. The Balaban J connectivity index is 2.96. The number of Topliss-reactive ketones (excluding diaryl/α,β-unsaturated/α-hetero) is 1. The van der Waals surface area contributed by atoms with Gasteiger partial charge in [0.2, 0.25) is 0 Å². The maximum Gasteiger partial charge on any atom is 0.163 e. The molecule has 1 aromatic carbocycles. The van der Waals surface area contributed by atoms with Gasteiger partial charge in [0.15, 0.2) is 5.78 Å². The molecule has 0 spiro atoms. The van der Waals surface area contributed by atoms with E-state index in [0.29, 0.717) is 16.3 Å². The van der Waals surface area contributed by atoms with Gasteiger partial charge in [-0.2, -0.15) is 0 Å². The average molecular weight is 290 g/mol. The molecule has 0 N–H and O–H groups in total. The van der Waals surface area contributed by atoms with Gasteiger partial charge in [-0.25, -0.2) is 0 Å². The zero-order chi connectivity index (χ0) is 11.4. The van der Waals surface area contributed by atoms with Crippen LogP contribution in [-0.2, 0) is 0 Å². The first-order chi connectivity index (χ1) is 7.00. The van der Waals surface area contributed by atoms with Gasteiger partial charge in [0.05, 0.1) is 5.56 Å². The number of hydrogen-bond acceptors (Lipinski definition) is 2. The second-order valence-electron chi connectivity index (χ2n) is 3.00. The maximum absolute atomic E-state index is 11.3. The molecule has 1 rings (SSSR count). The van der Waals surface area contributed by atoms with Crippen LogP contribution in [0, 0.1) is 0 Å². The van der Waals surface area contributed by atoms with Crippen molar-refractivity contribution in [3.8, 4) is 5.75 Å². The molecule has 0 heterocycles. The quantitative estimate of drug-likeness (QED) is 0.789. The molecule has 0 bridgehead atoms. The van der Waals surface area contributed by atoms with Crippen molar-refractivity contribution in [3.05, 3.63) is 39.8 Å². The van der Waals surface area contributed by atoms with Crippen LogP contribution in [0.15, 0.2) is 34.3 Å². The maximum atomic E-state index is 11.3. The van der Waals surface area contributed by atoms with E-state index in [1.807, 2.05) is 0 Å². The Labute approximate surface area is 102 Å². The molecule has 0 saturated heterocycles. The van der Waals surface area contributed by atoms with Crippen LogP contribution < -0.4 is 4.74 Å². The third-order valence-electron chi connectivity index (χ3n) is 1.71. The predicted octanol–water partition coefficient (Wildman–Crippen LogP) is 3.78. The van der Waals surface area contributed by atoms with Gasteiger partial charge < -0.3 is 4.74 Å². The van der Waals surface area contributed by atoms with E-state index in [-0.39, 0.29) is 12.4 Å². The summed E-state index contributed by atoms with van der Waals surface area (Å²) in [5, 5.41) is 0.393. The van der Waals surface area contributed by atoms with Crippen molar-refractivity contribution in [3.63, 3.8) is 0 Å². The minimum Gasteiger partial charge on any atom is -0.487 e. The van der Waals surface area contributed by atoms with Gasteiger partial charge in [-0.15, -0.1) is 0 Å². The van der Waals surface area contributed by atoms with Crippen molar-refractivity contribution in [1.29, 1.82) is 0 Å². The summed E-state index contributed by atoms with van der Waals surface area (Å²) in [5.41, 5.74) is 0.538. The van der Waals surface area contributed by atoms with Gasteiger partial charge in [-0.1, -0.05) is 34.1 Å². The second kappa shape index (κ2) is 5.33. The number of carbonyl (C=O) groups is 1. The third kappa shape index (κ3) is 3.68. The second-order valence-corrected chi connectivity index (χ2v) is 4.45. The van der Waals surface area contributed by atoms with Gasteiger partial charge >= 0.3 is 0 Å². The lowest BCUT2D eigenvalue weighted by Crippen LogP contribution is -2.02. The van der Waals surface area contributed by atoms with E-state index >= 15 is 0 Å². The molecule has 1 aromatic rings. The Morgan fingerprint density at radius 3 is 2.80 bits per heavy atom. The number of halogens is 2. The SMILES string of the molecule is C=C(Cl)COc1cc(Br)ccc1C(C)=O. The molecule has 4 heteroatoms. The lowest BCUT2D eigenvalue weighted by atomic mass is 10.1. The summed E-state index contributed by atoms with van der Waals surface area (Å²) in [6.45, 7) is 5.20. The Bertz CT molecular complexity index is 402. The molecule has 2 nitrogen and oxygen atoms in total. The predicted molar refractivity (Wildman–Crippen MR) is 64.6 cm³/mol. The van der Waals surface area contributed by atoms with Gasteiger partial charge in [-0.05, 0) is 25.1 Å². The van der Waals surface area contributed by atoms with Gasteiger partial charge in [0.1, 0.15) is 12.4 Å². The molecule has 0 aromatic heterocycles. The number of benzene rings is 1. The molecule has 0 amide bonds. The van der Waals surface area contributed by atoms with Gasteiger partial charge in [0, 0.05) is 9.51 Å². The minimum absolute atomic E-state index is 0.0438. The number of ether oxygens (including phenoxy) is 1. The Hall–Kier alpha value is -0.800. The van der Waals surface area contributed by atoms with Gasteiger partial charge in [0.25, 0.3) is 0 Å². The van der Waals surface area contributed by atoms with Crippen LogP contribution in [0.5, 0.6) is 5.75 Å². The van der Waals surface area contributed by atoms with Gasteiger partial charge in [-0.3, -0.25) is 4.79 Å². The van der Waals surface area contributed by atoms with Crippen LogP contribution in [0.25, 0.3) is 0 Å². The molecule has 0 saturated carbocycles. The fourth-order valence-electron chi connectivity index (χ4n) is 1.06. The molecule has 0 aliphatic carbocycles. The van der Waals surface area contributed by atoms with E-state index in [1.165, 1.54) is 6.92 Å². The topological polar surface area (TPSA) is 26.3 Å². The molecule has 0 atom stereocenters. The fraction of sp³-hybridized carbons (Fsp3) is 0.182. The Morgan fingerprint density at radius 2 is 2.27 bits per heavy atom.